The maximum absolute atomic E-state index is 11.7. The molecule has 0 saturated heterocycles. The normalized spacial score (nSPS) is 11.4. The van der Waals surface area contributed by atoms with Crippen LogP contribution in [0.4, 0.5) is 4.79 Å². The number of nitrogens with zero attached hydrogens (tertiary/aromatic N) is 2. The molecule has 0 aliphatic rings. The van der Waals surface area contributed by atoms with E-state index in [1.807, 2.05) is 0 Å². The Kier molecular flexibility index (Phi) is 13.5. The summed E-state index contributed by atoms with van der Waals surface area (Å²) in [6, 6.07) is 6.77. The molecule has 2 aromatic carbocycles. The molecule has 174 valence electrons. The van der Waals surface area contributed by atoms with Crippen molar-refractivity contribution in [2.75, 3.05) is 14.2 Å². The Morgan fingerprint density at radius 3 is 1.44 bits per heavy atom. The van der Waals surface area contributed by atoms with E-state index in [0.717, 1.165) is 24.6 Å². The van der Waals surface area contributed by atoms with Gasteiger partial charge in [0.1, 0.15) is 21.3 Å². The van der Waals surface area contributed by atoms with Crippen LogP contribution in [-0.4, -0.2) is 118 Å². The molecule has 2 amide bonds. The van der Waals surface area contributed by atoms with E-state index >= 15 is 0 Å². The molecule has 17 heteroatoms. The van der Waals surface area contributed by atoms with Gasteiger partial charge in [0, 0.05) is 59.1 Å². The smallest absolute Gasteiger partial charge is 0.355 e. The molecule has 0 unspecified atom stereocenters. The van der Waals surface area contributed by atoms with Crippen LogP contribution >= 0.6 is 0 Å². The number of rotatable bonds is 8. The molecule has 0 atom stereocenters. The Hall–Kier alpha value is -1.53. The van der Waals surface area contributed by atoms with Crippen LogP contribution < -0.4 is 20.3 Å². The molecular weight excluding hydrogens is 514 g/mol. The Morgan fingerprint density at radius 2 is 1.15 bits per heavy atom. The van der Waals surface area contributed by atoms with Gasteiger partial charge < -0.3 is 9.47 Å². The zero-order valence-corrected chi connectivity index (χ0v) is 24.2. The van der Waals surface area contributed by atoms with E-state index in [1.54, 1.807) is 0 Å². The molecule has 2 rings (SSSR count). The fraction of sp³-hybridized carbons (Fsp3) is 0.118. The van der Waals surface area contributed by atoms with Gasteiger partial charge in [0.25, 0.3) is 20.2 Å². The van der Waals surface area contributed by atoms with Crippen molar-refractivity contribution in [1.29, 1.82) is 0 Å². The third-order valence-electron chi connectivity index (χ3n) is 3.69. The average Bonchev–Trinajstić information content (AvgIpc) is 2.72. The van der Waals surface area contributed by atoms with Crippen LogP contribution in [0.25, 0.3) is 0 Å². The van der Waals surface area contributed by atoms with E-state index in [2.05, 4.69) is 21.1 Å². The van der Waals surface area contributed by atoms with Crippen LogP contribution in [0.5, 0.6) is 11.5 Å². The standard InChI is InChI=1S/C17H18N4O9S2.2Na/c1-29-13-5-3-11(7-15(13)31(23,24)25)9-18-20-17(22)21-19-10-12-4-6-14(30-2)16(8-12)32(26,27)28;;/h3-10H,1-2H3,(H2,20,21,22)(H,23,24,25)(H,26,27,28);;. The van der Waals surface area contributed by atoms with E-state index in [9.17, 15) is 30.7 Å². The fourth-order valence-corrected chi connectivity index (χ4v) is 3.69. The molecule has 0 spiro atoms. The number of benzene rings is 2. The maximum atomic E-state index is 11.7. The fourth-order valence-electron chi connectivity index (χ4n) is 2.31. The van der Waals surface area contributed by atoms with Gasteiger partial charge in [-0.05, 0) is 47.5 Å². The quantitative estimate of drug-likeness (QED) is 0.158. The molecule has 34 heavy (non-hydrogen) atoms. The number of hydrogen-bond donors (Lipinski definition) is 4. The van der Waals surface area contributed by atoms with Gasteiger partial charge in [-0.15, -0.1) is 0 Å². The van der Waals surface area contributed by atoms with Gasteiger partial charge >= 0.3 is 6.03 Å². The van der Waals surface area contributed by atoms with Crippen LogP contribution in [0.2, 0.25) is 0 Å². The molecule has 0 aliphatic carbocycles. The molecule has 0 aromatic heterocycles. The van der Waals surface area contributed by atoms with Crippen molar-refractivity contribution in [2.24, 2.45) is 10.2 Å². The average molecular weight is 532 g/mol. The zero-order chi connectivity index (χ0) is 23.9. The minimum Gasteiger partial charge on any atom is -0.495 e. The molecule has 0 heterocycles. The number of methoxy groups -OCH3 is 2. The van der Waals surface area contributed by atoms with Gasteiger partial charge in [0.05, 0.1) is 26.6 Å². The topological polar surface area (TPSA) is 193 Å². The van der Waals surface area contributed by atoms with Gasteiger partial charge in [0.15, 0.2) is 0 Å². The summed E-state index contributed by atoms with van der Waals surface area (Å²) < 4.78 is 73.6. The minimum absolute atomic E-state index is 0. The Bertz CT molecular complexity index is 1190. The van der Waals surface area contributed by atoms with Crippen LogP contribution in [-0.2, 0) is 20.2 Å². The third-order valence-corrected chi connectivity index (χ3v) is 5.44. The molecule has 0 aliphatic heterocycles. The first-order valence-electron chi connectivity index (χ1n) is 8.39. The Labute approximate surface area is 240 Å². The number of carbonyl (C=O) groups is 1. The number of nitrogens with one attached hydrogen (secondary N) is 2. The molecule has 2 radical (unpaired) electrons. The summed E-state index contributed by atoms with van der Waals surface area (Å²) in [7, 11) is -6.59. The molecule has 0 saturated carbocycles. The van der Waals surface area contributed by atoms with E-state index in [4.69, 9.17) is 9.47 Å². The molecule has 0 fully saturated rings. The van der Waals surface area contributed by atoms with E-state index in [0.29, 0.717) is 0 Å². The summed E-state index contributed by atoms with van der Waals surface area (Å²) in [5, 5.41) is 7.22. The summed E-state index contributed by atoms with van der Waals surface area (Å²) in [6.45, 7) is 0. The van der Waals surface area contributed by atoms with Crippen LogP contribution in [0.1, 0.15) is 11.1 Å². The third kappa shape index (κ3) is 9.61. The second-order valence-electron chi connectivity index (χ2n) is 5.84. The summed E-state index contributed by atoms with van der Waals surface area (Å²) in [5.41, 5.74) is 4.60. The molecule has 0 bridgehead atoms. The first-order chi connectivity index (χ1) is 15.0. The van der Waals surface area contributed by atoms with Gasteiger partial charge in [0.2, 0.25) is 0 Å². The molecule has 2 aromatic rings. The van der Waals surface area contributed by atoms with Gasteiger partial charge in [-0.2, -0.15) is 27.0 Å². The van der Waals surface area contributed by atoms with Crippen molar-refractivity contribution in [3.05, 3.63) is 47.5 Å². The number of hydrogen-bond acceptors (Lipinski definition) is 9. The molecule has 13 nitrogen and oxygen atoms in total. The zero-order valence-electron chi connectivity index (χ0n) is 18.6. The second-order valence-corrected chi connectivity index (χ2v) is 8.62. The van der Waals surface area contributed by atoms with Crippen LogP contribution in [0, 0.1) is 0 Å². The molecule has 4 N–H and O–H groups in total. The number of carbonyl (C=O) groups excluding carboxylic acids is 1. The van der Waals surface area contributed by atoms with Crippen molar-refractivity contribution >= 4 is 97.8 Å². The van der Waals surface area contributed by atoms with Crippen molar-refractivity contribution < 1.29 is 40.2 Å². The van der Waals surface area contributed by atoms with Crippen molar-refractivity contribution in [1.82, 2.24) is 10.9 Å². The SMILES string of the molecule is COc1ccc(C=NNC(=O)NN=Cc2ccc(OC)c(S(=O)(=O)O)c2)cc1S(=O)(=O)O.[Na].[Na]. The monoisotopic (exact) mass is 532 g/mol. The summed E-state index contributed by atoms with van der Waals surface area (Å²) >= 11 is 0. The van der Waals surface area contributed by atoms with Crippen molar-refractivity contribution in [3.8, 4) is 11.5 Å². The van der Waals surface area contributed by atoms with E-state index in [1.165, 1.54) is 38.5 Å². The largest absolute Gasteiger partial charge is 0.495 e. The Morgan fingerprint density at radius 1 is 0.794 bits per heavy atom. The Balaban J connectivity index is 0.00000544. The number of amides is 2. The maximum Gasteiger partial charge on any atom is 0.355 e. The molecular formula is C17H18N4Na2O9S2. The number of urea groups is 1. The van der Waals surface area contributed by atoms with Crippen LogP contribution in [0.15, 0.2) is 56.4 Å². The first kappa shape index (κ1) is 32.5. The second kappa shape index (κ2) is 14.1. The van der Waals surface area contributed by atoms with Crippen molar-refractivity contribution in [3.63, 3.8) is 0 Å². The number of ether oxygens (including phenoxy) is 2. The van der Waals surface area contributed by atoms with Crippen molar-refractivity contribution in [2.45, 2.75) is 9.79 Å². The summed E-state index contributed by atoms with van der Waals surface area (Å²) in [6.07, 6.45) is 2.22. The van der Waals surface area contributed by atoms with E-state index < -0.39 is 36.1 Å². The summed E-state index contributed by atoms with van der Waals surface area (Å²) in [5.74, 6) is -0.138. The summed E-state index contributed by atoms with van der Waals surface area (Å²) in [4.78, 5) is 10.8. The predicted octanol–water partition coefficient (Wildman–Crippen LogP) is 0.103. The minimum atomic E-state index is -4.53. The van der Waals surface area contributed by atoms with Gasteiger partial charge in [-0.3, -0.25) is 9.11 Å². The van der Waals surface area contributed by atoms with Gasteiger partial charge in [-0.25, -0.2) is 15.6 Å². The predicted molar refractivity (Wildman–Crippen MR) is 124 cm³/mol. The number of hydrazone groups is 2. The first-order valence-corrected chi connectivity index (χ1v) is 11.3. The van der Waals surface area contributed by atoms with Crippen LogP contribution in [0.3, 0.4) is 0 Å². The van der Waals surface area contributed by atoms with E-state index in [-0.39, 0.29) is 81.7 Å². The van der Waals surface area contributed by atoms with Gasteiger partial charge in [-0.1, -0.05) is 0 Å².